The van der Waals surface area contributed by atoms with Gasteiger partial charge >= 0.3 is 23.9 Å². The highest BCUT2D eigenvalue weighted by Gasteiger charge is 2.50. The molecule has 0 bridgehead atoms. The van der Waals surface area contributed by atoms with Crippen LogP contribution in [0, 0.1) is 0 Å². The van der Waals surface area contributed by atoms with Crippen LogP contribution < -0.4 is 0 Å². The van der Waals surface area contributed by atoms with E-state index in [0.29, 0.717) is 19.3 Å². The molecule has 0 aromatic heterocycles. The number of rotatable bonds is 49. The Morgan fingerprint density at radius 1 is 0.442 bits per heavy atom. The Labute approximate surface area is 465 Å². The fourth-order valence-electron chi connectivity index (χ4n) is 8.29. The van der Waals surface area contributed by atoms with Gasteiger partial charge in [-0.1, -0.05) is 201 Å². The number of esters is 3. The van der Waals surface area contributed by atoms with Crippen LogP contribution >= 0.6 is 0 Å². The summed E-state index contributed by atoms with van der Waals surface area (Å²) in [4.78, 5) is 51.2. The molecule has 0 saturated carbocycles. The number of carbonyl (C=O) groups excluding carboxylic acids is 3. The maximum Gasteiger partial charge on any atom is 0.335 e. The molecule has 0 spiro atoms. The van der Waals surface area contributed by atoms with Gasteiger partial charge in [-0.25, -0.2) is 4.79 Å². The summed E-state index contributed by atoms with van der Waals surface area (Å²) in [6.45, 7) is 5.67. The van der Waals surface area contributed by atoms with Gasteiger partial charge in [0, 0.05) is 19.3 Å². The minimum atomic E-state index is -1.92. The standard InChI is InChI=1S/C65H104O12/c1-4-7-10-13-16-19-22-25-27-29-31-34-36-39-42-45-48-51-57(66)73-54-56(75-58(67)52-49-46-43-40-37-33-24-21-18-15-12-9-6-3)55-74-65-63(61(70)60(69)62(77-65)64(71)72)76-59(68)53-50-47-44-41-38-35-32-30-28-26-23-20-17-14-11-8-5-2/h7-8,10-12,15-17,19-21,24-28,32,35,56,60-63,65,69-70H,4-6,9,13-14,18,22-23,29-31,33-34,36-55H2,1-3H3,(H,71,72)/b10-7-,11-8-,15-12-,19-16-,20-17-,24-21-,27-25-,28-26-,35-32-. The topological polar surface area (TPSA) is 175 Å². The van der Waals surface area contributed by atoms with Crippen LogP contribution in [-0.2, 0) is 42.9 Å². The second kappa shape index (κ2) is 52.1. The Kier molecular flexibility index (Phi) is 47.6. The zero-order valence-corrected chi connectivity index (χ0v) is 47.9. The molecule has 0 aliphatic carbocycles. The molecule has 1 rings (SSSR count). The molecule has 436 valence electrons. The summed E-state index contributed by atoms with van der Waals surface area (Å²) in [7, 11) is 0. The summed E-state index contributed by atoms with van der Waals surface area (Å²) in [5.74, 6) is -3.19. The third-order valence-electron chi connectivity index (χ3n) is 12.8. The van der Waals surface area contributed by atoms with E-state index in [-0.39, 0.29) is 25.9 Å². The first-order valence-electron chi connectivity index (χ1n) is 29.9. The van der Waals surface area contributed by atoms with Crippen molar-refractivity contribution in [2.45, 2.75) is 263 Å². The highest BCUT2D eigenvalue weighted by molar-refractivity contribution is 5.74. The van der Waals surface area contributed by atoms with Gasteiger partial charge in [0.05, 0.1) is 6.61 Å². The largest absolute Gasteiger partial charge is 0.479 e. The number of carboxylic acid groups (broad SMARTS) is 1. The Balaban J connectivity index is 2.71. The lowest BCUT2D eigenvalue weighted by Crippen LogP contribution is -2.61. The zero-order valence-electron chi connectivity index (χ0n) is 47.9. The average molecular weight is 1080 g/mol. The minimum Gasteiger partial charge on any atom is -0.479 e. The second-order valence-corrected chi connectivity index (χ2v) is 19.9. The van der Waals surface area contributed by atoms with Crippen LogP contribution in [0.1, 0.15) is 226 Å². The molecule has 0 aromatic carbocycles. The van der Waals surface area contributed by atoms with Gasteiger partial charge in [-0.15, -0.1) is 0 Å². The Morgan fingerprint density at radius 2 is 0.818 bits per heavy atom. The molecule has 1 fully saturated rings. The van der Waals surface area contributed by atoms with Crippen molar-refractivity contribution in [1.29, 1.82) is 0 Å². The summed E-state index contributed by atoms with van der Waals surface area (Å²) in [6.07, 6.45) is 57.6. The molecule has 0 radical (unpaired) electrons. The average Bonchev–Trinajstić information content (AvgIpc) is 3.42. The van der Waals surface area contributed by atoms with Gasteiger partial charge in [0.15, 0.2) is 24.6 Å². The SMILES string of the molecule is CC/C=C\C/C=C\C/C=C\C/C=C\CCCCCCC(=O)OC1C(OCC(COC(=O)CCCCCCCCC/C=C\C/C=C\C/C=C\CC)OC(=O)CCCCCCC/C=C\C/C=C\CCC)OC(C(=O)O)C(O)C1O. The van der Waals surface area contributed by atoms with Gasteiger partial charge in [0.2, 0.25) is 0 Å². The predicted molar refractivity (Wildman–Crippen MR) is 312 cm³/mol. The molecule has 0 amide bonds. The maximum absolute atomic E-state index is 13.1. The van der Waals surface area contributed by atoms with E-state index in [1.807, 2.05) is 0 Å². The van der Waals surface area contributed by atoms with Crippen molar-refractivity contribution in [1.82, 2.24) is 0 Å². The Hall–Kier alpha value is -4.62. The van der Waals surface area contributed by atoms with Gasteiger partial charge in [0.1, 0.15) is 18.8 Å². The van der Waals surface area contributed by atoms with E-state index in [9.17, 15) is 34.5 Å². The molecule has 0 aromatic rings. The van der Waals surface area contributed by atoms with Crippen LogP contribution in [0.3, 0.4) is 0 Å². The van der Waals surface area contributed by atoms with Gasteiger partial charge in [-0.2, -0.15) is 0 Å². The smallest absolute Gasteiger partial charge is 0.335 e. The molecule has 1 saturated heterocycles. The molecule has 12 heteroatoms. The maximum atomic E-state index is 13.1. The predicted octanol–water partition coefficient (Wildman–Crippen LogP) is 15.4. The summed E-state index contributed by atoms with van der Waals surface area (Å²) in [5, 5.41) is 31.5. The Morgan fingerprint density at radius 3 is 1.25 bits per heavy atom. The van der Waals surface area contributed by atoms with Crippen LogP contribution in [0.5, 0.6) is 0 Å². The molecule has 1 aliphatic rings. The van der Waals surface area contributed by atoms with Crippen molar-refractivity contribution in [3.05, 3.63) is 109 Å². The molecule has 6 unspecified atom stereocenters. The molecular formula is C65H104O12. The number of hydrogen-bond acceptors (Lipinski definition) is 11. The molecule has 1 aliphatic heterocycles. The van der Waals surface area contributed by atoms with E-state index in [1.165, 1.54) is 6.42 Å². The van der Waals surface area contributed by atoms with Crippen molar-refractivity contribution < 1.29 is 58.2 Å². The Bertz CT molecular complexity index is 1750. The summed E-state index contributed by atoms with van der Waals surface area (Å²) in [5.41, 5.74) is 0. The van der Waals surface area contributed by atoms with Crippen LogP contribution in [0.4, 0.5) is 0 Å². The van der Waals surface area contributed by atoms with Crippen molar-refractivity contribution in [2.75, 3.05) is 13.2 Å². The molecule has 12 nitrogen and oxygen atoms in total. The summed E-state index contributed by atoms with van der Waals surface area (Å²) >= 11 is 0. The number of aliphatic hydroxyl groups is 2. The number of hydrogen-bond donors (Lipinski definition) is 3. The van der Waals surface area contributed by atoms with Crippen LogP contribution in [-0.4, -0.2) is 89.2 Å². The van der Waals surface area contributed by atoms with Gasteiger partial charge in [-0.05, 0) is 116 Å². The number of unbranched alkanes of at least 4 members (excludes halogenated alkanes) is 17. The molecule has 6 atom stereocenters. The number of allylic oxidation sites excluding steroid dienone is 18. The monoisotopic (exact) mass is 1080 g/mol. The van der Waals surface area contributed by atoms with E-state index >= 15 is 0 Å². The lowest BCUT2D eigenvalue weighted by Gasteiger charge is -2.40. The summed E-state index contributed by atoms with van der Waals surface area (Å²) < 4.78 is 28.4. The van der Waals surface area contributed by atoms with E-state index < -0.39 is 67.3 Å². The van der Waals surface area contributed by atoms with E-state index in [2.05, 4.69) is 130 Å². The lowest BCUT2D eigenvalue weighted by atomic mass is 9.98. The minimum absolute atomic E-state index is 0.0247. The van der Waals surface area contributed by atoms with Crippen molar-refractivity contribution in [3.8, 4) is 0 Å². The number of carbonyl (C=O) groups is 4. The highest BCUT2D eigenvalue weighted by atomic mass is 16.7. The fourth-order valence-corrected chi connectivity index (χ4v) is 8.29. The van der Waals surface area contributed by atoms with Gasteiger partial charge in [0.25, 0.3) is 0 Å². The third-order valence-corrected chi connectivity index (χ3v) is 12.8. The van der Waals surface area contributed by atoms with Gasteiger partial charge in [-0.3, -0.25) is 14.4 Å². The zero-order chi connectivity index (χ0) is 56.1. The van der Waals surface area contributed by atoms with Crippen LogP contribution in [0.2, 0.25) is 0 Å². The summed E-state index contributed by atoms with van der Waals surface area (Å²) in [6, 6.07) is 0. The molecule has 77 heavy (non-hydrogen) atoms. The number of carboxylic acids is 1. The number of aliphatic hydroxyl groups excluding tert-OH is 2. The first kappa shape index (κ1) is 70.4. The van der Waals surface area contributed by atoms with E-state index in [1.54, 1.807) is 0 Å². The molecular weight excluding hydrogens is 973 g/mol. The van der Waals surface area contributed by atoms with Crippen LogP contribution in [0.25, 0.3) is 0 Å². The first-order valence-corrected chi connectivity index (χ1v) is 29.9. The molecule has 1 heterocycles. The van der Waals surface area contributed by atoms with Crippen molar-refractivity contribution in [3.63, 3.8) is 0 Å². The molecule has 3 N–H and O–H groups in total. The van der Waals surface area contributed by atoms with Crippen molar-refractivity contribution in [2.24, 2.45) is 0 Å². The quantitative estimate of drug-likeness (QED) is 0.0228. The first-order chi connectivity index (χ1) is 37.6. The third kappa shape index (κ3) is 42.1. The lowest BCUT2D eigenvalue weighted by molar-refractivity contribution is -0.301. The van der Waals surface area contributed by atoms with Gasteiger partial charge < -0.3 is 39.0 Å². The van der Waals surface area contributed by atoms with Crippen molar-refractivity contribution >= 4 is 23.9 Å². The van der Waals surface area contributed by atoms with E-state index in [4.69, 9.17) is 23.7 Å². The number of ether oxygens (including phenoxy) is 5. The fraction of sp³-hybridized carbons (Fsp3) is 0.662. The second-order valence-electron chi connectivity index (χ2n) is 19.9. The highest BCUT2D eigenvalue weighted by Crippen LogP contribution is 2.26. The number of aliphatic carboxylic acids is 1. The normalized spacial score (nSPS) is 18.8. The van der Waals surface area contributed by atoms with E-state index in [0.717, 1.165) is 161 Å². The van der Waals surface area contributed by atoms with Crippen LogP contribution in [0.15, 0.2) is 109 Å².